The molecule has 1 saturated heterocycles. The van der Waals surface area contributed by atoms with Gasteiger partial charge < -0.3 is 5.11 Å². The first-order valence-corrected chi connectivity index (χ1v) is 9.83. The molecule has 1 N–H and O–H groups in total. The molecule has 0 unspecified atom stereocenters. The maximum absolute atomic E-state index is 10.6. The monoisotopic (exact) mass is 390 g/mol. The highest BCUT2D eigenvalue weighted by molar-refractivity contribution is 5.47. The number of aliphatic hydroxyl groups excluding tert-OH is 1. The van der Waals surface area contributed by atoms with Crippen LogP contribution in [0.2, 0.25) is 0 Å². The Morgan fingerprint density at radius 3 is 2.55 bits per heavy atom. The van der Waals surface area contributed by atoms with Gasteiger partial charge in [-0.1, -0.05) is 12.1 Å². The van der Waals surface area contributed by atoms with Gasteiger partial charge in [0.1, 0.15) is 5.69 Å². The van der Waals surface area contributed by atoms with Crippen LogP contribution in [0.5, 0.6) is 0 Å². The van der Waals surface area contributed by atoms with E-state index in [9.17, 15) is 5.11 Å². The van der Waals surface area contributed by atoms with Crippen molar-refractivity contribution in [3.63, 3.8) is 0 Å². The van der Waals surface area contributed by atoms with Crippen molar-refractivity contribution in [2.45, 2.75) is 32.2 Å². The topological polar surface area (TPSA) is 78.3 Å². The van der Waals surface area contributed by atoms with E-state index in [1.807, 2.05) is 42.9 Å². The molecule has 0 bridgehead atoms. The average Bonchev–Trinajstić information content (AvgIpc) is 3.11. The second kappa shape index (κ2) is 8.73. The van der Waals surface area contributed by atoms with Crippen LogP contribution in [0.1, 0.15) is 16.8 Å². The molecular weight excluding hydrogens is 364 g/mol. The third-order valence-corrected chi connectivity index (χ3v) is 5.42. The molecule has 3 aromatic rings. The lowest BCUT2D eigenvalue weighted by atomic mass is 10.1. The summed E-state index contributed by atoms with van der Waals surface area (Å²) < 4.78 is 0. The van der Waals surface area contributed by atoms with E-state index in [1.54, 1.807) is 6.20 Å². The Labute approximate surface area is 171 Å². The van der Waals surface area contributed by atoms with Crippen molar-refractivity contribution in [3.8, 4) is 11.5 Å². The molecule has 7 heteroatoms. The third-order valence-electron chi connectivity index (χ3n) is 5.42. The number of rotatable bonds is 6. The minimum atomic E-state index is -0.391. The minimum Gasteiger partial charge on any atom is -0.390 e. The van der Waals surface area contributed by atoms with Crippen LogP contribution in [-0.2, 0) is 13.1 Å². The first-order chi connectivity index (χ1) is 14.1. The molecule has 4 heterocycles. The molecule has 29 heavy (non-hydrogen) atoms. The molecule has 150 valence electrons. The molecule has 0 saturated carbocycles. The van der Waals surface area contributed by atoms with Crippen molar-refractivity contribution in [2.75, 3.05) is 20.1 Å². The standard InChI is InChI=1S/C22H26N6O/c1-16-6-5-9-24-19(16)13-27(2)20-14-28(15-21(20)29)12-17-10-25-22(26-11-17)18-7-3-4-8-23-18/h3-11,20-21,29H,12-15H2,1-2H3/t20-,21-/m0/s1. The van der Waals surface area contributed by atoms with E-state index in [1.165, 1.54) is 5.56 Å². The number of aromatic nitrogens is 4. The van der Waals surface area contributed by atoms with Crippen molar-refractivity contribution in [1.29, 1.82) is 0 Å². The highest BCUT2D eigenvalue weighted by Gasteiger charge is 2.34. The molecule has 0 radical (unpaired) electrons. The van der Waals surface area contributed by atoms with Crippen molar-refractivity contribution in [1.82, 2.24) is 29.7 Å². The second-order valence-corrected chi connectivity index (χ2v) is 7.64. The zero-order chi connectivity index (χ0) is 20.2. The van der Waals surface area contributed by atoms with Gasteiger partial charge in [0.15, 0.2) is 5.82 Å². The first-order valence-electron chi connectivity index (χ1n) is 9.83. The van der Waals surface area contributed by atoms with Gasteiger partial charge in [-0.25, -0.2) is 9.97 Å². The SMILES string of the molecule is Cc1cccnc1CN(C)[C@H]1CN(Cc2cnc(-c3ccccn3)nc2)C[C@@H]1O. The van der Waals surface area contributed by atoms with Crippen LogP contribution < -0.4 is 0 Å². The van der Waals surface area contributed by atoms with E-state index in [2.05, 4.69) is 49.8 Å². The van der Waals surface area contributed by atoms with E-state index < -0.39 is 6.10 Å². The number of nitrogens with zero attached hydrogens (tertiary/aromatic N) is 6. The number of aryl methyl sites for hydroxylation is 1. The minimum absolute atomic E-state index is 0.0742. The largest absolute Gasteiger partial charge is 0.390 e. The highest BCUT2D eigenvalue weighted by atomic mass is 16.3. The Bertz CT molecular complexity index is 934. The Morgan fingerprint density at radius 1 is 1.03 bits per heavy atom. The Kier molecular flexibility index (Phi) is 5.89. The van der Waals surface area contributed by atoms with Crippen LogP contribution in [0.15, 0.2) is 55.1 Å². The van der Waals surface area contributed by atoms with Gasteiger partial charge in [0.05, 0.1) is 11.8 Å². The normalized spacial score (nSPS) is 19.7. The van der Waals surface area contributed by atoms with E-state index >= 15 is 0 Å². The maximum Gasteiger partial charge on any atom is 0.178 e. The summed E-state index contributed by atoms with van der Waals surface area (Å²) in [5.74, 6) is 0.624. The van der Waals surface area contributed by atoms with Crippen molar-refractivity contribution < 1.29 is 5.11 Å². The smallest absolute Gasteiger partial charge is 0.178 e. The summed E-state index contributed by atoms with van der Waals surface area (Å²) in [6.07, 6.45) is 6.86. The fourth-order valence-electron chi connectivity index (χ4n) is 3.77. The predicted molar refractivity (Wildman–Crippen MR) is 111 cm³/mol. The molecule has 4 rings (SSSR count). The van der Waals surface area contributed by atoms with Gasteiger partial charge in [-0.2, -0.15) is 0 Å². The lowest BCUT2D eigenvalue weighted by Crippen LogP contribution is -2.40. The van der Waals surface area contributed by atoms with Crippen LogP contribution in [0.25, 0.3) is 11.5 Å². The maximum atomic E-state index is 10.6. The number of β-amino-alcohol motifs (C(OH)–C–C–N with tert-alkyl or cyclic N) is 1. The lowest BCUT2D eigenvalue weighted by molar-refractivity contribution is 0.0941. The number of pyridine rings is 2. The highest BCUT2D eigenvalue weighted by Crippen LogP contribution is 2.20. The van der Waals surface area contributed by atoms with Crippen molar-refractivity contribution in [3.05, 3.63) is 71.9 Å². The van der Waals surface area contributed by atoms with Crippen LogP contribution in [0.3, 0.4) is 0 Å². The molecule has 3 aromatic heterocycles. The van der Waals surface area contributed by atoms with Crippen molar-refractivity contribution in [2.24, 2.45) is 0 Å². The van der Waals surface area contributed by atoms with Gasteiger partial charge in [-0.15, -0.1) is 0 Å². The lowest BCUT2D eigenvalue weighted by Gasteiger charge is -2.26. The molecular formula is C22H26N6O. The fourth-order valence-corrected chi connectivity index (χ4v) is 3.77. The Morgan fingerprint density at radius 2 is 1.83 bits per heavy atom. The number of hydrogen-bond donors (Lipinski definition) is 1. The summed E-state index contributed by atoms with van der Waals surface area (Å²) in [5.41, 5.74) is 4.02. The molecule has 1 fully saturated rings. The molecule has 7 nitrogen and oxygen atoms in total. The number of aliphatic hydroxyl groups is 1. The molecule has 1 aliphatic rings. The molecule has 0 spiro atoms. The summed E-state index contributed by atoms with van der Waals surface area (Å²) in [5, 5.41) is 10.6. The number of likely N-dealkylation sites (N-methyl/N-ethyl adjacent to an activating group) is 1. The quantitative estimate of drug-likeness (QED) is 0.689. The Balaban J connectivity index is 1.37. The number of hydrogen-bond acceptors (Lipinski definition) is 7. The first kappa shape index (κ1) is 19.6. The van der Waals surface area contributed by atoms with Crippen LogP contribution in [0.4, 0.5) is 0 Å². The number of likely N-dealkylation sites (tertiary alicyclic amines) is 1. The third kappa shape index (κ3) is 4.64. The second-order valence-electron chi connectivity index (χ2n) is 7.64. The van der Waals surface area contributed by atoms with Crippen LogP contribution in [-0.4, -0.2) is 67.1 Å². The van der Waals surface area contributed by atoms with Gasteiger partial charge in [0, 0.05) is 62.6 Å². The van der Waals surface area contributed by atoms with Crippen LogP contribution >= 0.6 is 0 Å². The summed E-state index contributed by atoms with van der Waals surface area (Å²) in [6, 6.07) is 9.79. The summed E-state index contributed by atoms with van der Waals surface area (Å²) in [6.45, 7) is 4.95. The molecule has 0 aliphatic carbocycles. The van der Waals surface area contributed by atoms with Crippen molar-refractivity contribution >= 4 is 0 Å². The van der Waals surface area contributed by atoms with Crippen LogP contribution in [0, 0.1) is 6.92 Å². The fraction of sp³-hybridized carbons (Fsp3) is 0.364. The van der Waals surface area contributed by atoms with E-state index in [0.29, 0.717) is 18.9 Å². The predicted octanol–water partition coefficient (Wildman–Crippen LogP) is 1.92. The van der Waals surface area contributed by atoms with E-state index in [0.717, 1.165) is 30.0 Å². The zero-order valence-corrected chi connectivity index (χ0v) is 16.8. The average molecular weight is 390 g/mol. The van der Waals surface area contributed by atoms with Gasteiger partial charge >= 0.3 is 0 Å². The summed E-state index contributed by atoms with van der Waals surface area (Å²) >= 11 is 0. The van der Waals surface area contributed by atoms with Gasteiger partial charge in [0.25, 0.3) is 0 Å². The van der Waals surface area contributed by atoms with E-state index in [4.69, 9.17) is 0 Å². The summed E-state index contributed by atoms with van der Waals surface area (Å²) in [4.78, 5) is 22.1. The Hall–Kier alpha value is -2.74. The summed E-state index contributed by atoms with van der Waals surface area (Å²) in [7, 11) is 2.05. The molecule has 1 aliphatic heterocycles. The zero-order valence-electron chi connectivity index (χ0n) is 16.8. The van der Waals surface area contributed by atoms with Gasteiger partial charge in [-0.05, 0) is 37.7 Å². The molecule has 0 amide bonds. The molecule has 2 atom stereocenters. The van der Waals surface area contributed by atoms with E-state index in [-0.39, 0.29) is 6.04 Å². The van der Waals surface area contributed by atoms with Gasteiger partial charge in [-0.3, -0.25) is 19.8 Å². The van der Waals surface area contributed by atoms with Gasteiger partial charge in [0.2, 0.25) is 0 Å². The molecule has 0 aromatic carbocycles.